The van der Waals surface area contributed by atoms with Crippen LogP contribution in [-0.2, 0) is 14.3 Å². The number of carbonyl (C=O) groups excluding carboxylic acids is 1. The van der Waals surface area contributed by atoms with E-state index >= 15 is 0 Å². The summed E-state index contributed by atoms with van der Waals surface area (Å²) < 4.78 is 10.2. The van der Waals surface area contributed by atoms with Crippen molar-refractivity contribution in [3.05, 3.63) is 0 Å². The van der Waals surface area contributed by atoms with Crippen LogP contribution in [0.1, 0.15) is 6.42 Å². The van der Waals surface area contributed by atoms with Crippen LogP contribution in [0.3, 0.4) is 0 Å². The van der Waals surface area contributed by atoms with Gasteiger partial charge in [-0.3, -0.25) is 9.69 Å². The molecule has 1 amide bonds. The molecule has 2 saturated heterocycles. The molecule has 2 aliphatic rings. The number of hydrogen-bond donors (Lipinski definition) is 0. The highest BCUT2D eigenvalue weighted by atomic mass is 16.7. The number of likely N-dealkylation sites (tertiary alicyclic amines) is 1. The maximum absolute atomic E-state index is 10.8. The standard InChI is InChI=1S/C6H9NO3/c8-5-1-2-7(5)6-9-3-4-10-6/h6H,1-4H2. The molecule has 0 saturated carbocycles. The highest BCUT2D eigenvalue weighted by Gasteiger charge is 2.34. The van der Waals surface area contributed by atoms with Gasteiger partial charge in [-0.2, -0.15) is 0 Å². The van der Waals surface area contributed by atoms with Gasteiger partial charge in [0.05, 0.1) is 13.2 Å². The van der Waals surface area contributed by atoms with Crippen LogP contribution in [0, 0.1) is 0 Å². The molecule has 0 aromatic rings. The predicted molar refractivity (Wildman–Crippen MR) is 32.0 cm³/mol. The van der Waals surface area contributed by atoms with E-state index in [0.29, 0.717) is 19.6 Å². The monoisotopic (exact) mass is 143 g/mol. The van der Waals surface area contributed by atoms with Crippen molar-refractivity contribution in [3.63, 3.8) is 0 Å². The molecule has 0 bridgehead atoms. The van der Waals surface area contributed by atoms with Gasteiger partial charge in [0.1, 0.15) is 0 Å². The Labute approximate surface area is 58.7 Å². The van der Waals surface area contributed by atoms with E-state index in [9.17, 15) is 4.79 Å². The molecule has 2 aliphatic heterocycles. The van der Waals surface area contributed by atoms with E-state index in [1.54, 1.807) is 4.90 Å². The lowest BCUT2D eigenvalue weighted by molar-refractivity contribution is -0.190. The van der Waals surface area contributed by atoms with Crippen molar-refractivity contribution in [2.75, 3.05) is 19.8 Å². The quantitative estimate of drug-likeness (QED) is 0.466. The van der Waals surface area contributed by atoms with Gasteiger partial charge in [0, 0.05) is 13.0 Å². The van der Waals surface area contributed by atoms with Crippen LogP contribution < -0.4 is 0 Å². The van der Waals surface area contributed by atoms with E-state index in [2.05, 4.69) is 0 Å². The van der Waals surface area contributed by atoms with E-state index < -0.39 is 0 Å². The zero-order chi connectivity index (χ0) is 6.97. The van der Waals surface area contributed by atoms with Gasteiger partial charge in [-0.25, -0.2) is 0 Å². The van der Waals surface area contributed by atoms with E-state index in [1.165, 1.54) is 0 Å². The van der Waals surface area contributed by atoms with Gasteiger partial charge in [-0.1, -0.05) is 0 Å². The topological polar surface area (TPSA) is 38.8 Å². The number of rotatable bonds is 1. The fourth-order valence-corrected chi connectivity index (χ4v) is 1.08. The van der Waals surface area contributed by atoms with Crippen molar-refractivity contribution < 1.29 is 14.3 Å². The number of β-lactam (4-membered cyclic amide) rings is 1. The maximum Gasteiger partial charge on any atom is 0.242 e. The van der Waals surface area contributed by atoms with E-state index in [0.717, 1.165) is 6.54 Å². The van der Waals surface area contributed by atoms with E-state index in [1.807, 2.05) is 0 Å². The lowest BCUT2D eigenvalue weighted by Gasteiger charge is -2.33. The highest BCUT2D eigenvalue weighted by Crippen LogP contribution is 2.17. The van der Waals surface area contributed by atoms with Gasteiger partial charge < -0.3 is 9.47 Å². The Morgan fingerprint density at radius 3 is 2.50 bits per heavy atom. The summed E-state index contributed by atoms with van der Waals surface area (Å²) in [5.41, 5.74) is 0. The second-order valence-corrected chi connectivity index (χ2v) is 2.39. The minimum absolute atomic E-state index is 0.131. The number of carbonyl (C=O) groups is 1. The van der Waals surface area contributed by atoms with Crippen molar-refractivity contribution in [1.29, 1.82) is 0 Å². The van der Waals surface area contributed by atoms with Crippen LogP contribution in [0.25, 0.3) is 0 Å². The molecule has 0 aliphatic carbocycles. The first-order valence-electron chi connectivity index (χ1n) is 3.40. The largest absolute Gasteiger partial charge is 0.333 e. The average molecular weight is 143 g/mol. The Morgan fingerprint density at radius 2 is 2.10 bits per heavy atom. The fourth-order valence-electron chi connectivity index (χ4n) is 1.08. The van der Waals surface area contributed by atoms with Gasteiger partial charge in [0.15, 0.2) is 0 Å². The van der Waals surface area contributed by atoms with Crippen molar-refractivity contribution in [2.24, 2.45) is 0 Å². The molecule has 0 aromatic heterocycles. The van der Waals surface area contributed by atoms with Crippen molar-refractivity contribution in [3.8, 4) is 0 Å². The molecule has 2 heterocycles. The molecule has 10 heavy (non-hydrogen) atoms. The third-order valence-corrected chi connectivity index (χ3v) is 1.75. The molecule has 0 spiro atoms. The minimum atomic E-state index is -0.374. The van der Waals surface area contributed by atoms with Gasteiger partial charge in [0.2, 0.25) is 12.3 Å². The molecule has 4 heteroatoms. The molecular formula is C6H9NO3. The van der Waals surface area contributed by atoms with Crippen LogP contribution in [0.5, 0.6) is 0 Å². The van der Waals surface area contributed by atoms with Crippen molar-refractivity contribution in [1.82, 2.24) is 4.90 Å². The molecule has 0 N–H and O–H groups in total. The molecule has 2 fully saturated rings. The van der Waals surface area contributed by atoms with Crippen LogP contribution in [0.15, 0.2) is 0 Å². The normalized spacial score (nSPS) is 27.2. The first-order valence-corrected chi connectivity index (χ1v) is 3.40. The Balaban J connectivity index is 1.92. The van der Waals surface area contributed by atoms with Gasteiger partial charge in [0.25, 0.3) is 0 Å². The third-order valence-electron chi connectivity index (χ3n) is 1.75. The molecule has 0 radical (unpaired) electrons. The second kappa shape index (κ2) is 2.21. The lowest BCUT2D eigenvalue weighted by Crippen LogP contribution is -2.50. The summed E-state index contributed by atoms with van der Waals surface area (Å²) in [5, 5.41) is 0. The van der Waals surface area contributed by atoms with Crippen LogP contribution in [0.4, 0.5) is 0 Å². The second-order valence-electron chi connectivity index (χ2n) is 2.39. The number of amides is 1. The summed E-state index contributed by atoms with van der Waals surface area (Å²) in [4.78, 5) is 12.4. The first-order chi connectivity index (χ1) is 4.88. The van der Waals surface area contributed by atoms with E-state index in [4.69, 9.17) is 9.47 Å². The number of nitrogens with zero attached hydrogens (tertiary/aromatic N) is 1. The Hall–Kier alpha value is -0.610. The summed E-state index contributed by atoms with van der Waals surface area (Å²) in [5.74, 6) is 0.131. The Kier molecular flexibility index (Phi) is 1.35. The number of hydrogen-bond acceptors (Lipinski definition) is 3. The Morgan fingerprint density at radius 1 is 1.40 bits per heavy atom. The van der Waals surface area contributed by atoms with Crippen LogP contribution >= 0.6 is 0 Å². The van der Waals surface area contributed by atoms with E-state index in [-0.39, 0.29) is 12.3 Å². The SMILES string of the molecule is O=C1CCN1C1OCCO1. The predicted octanol–water partition coefficient (Wildman–Crippen LogP) is -0.451. The average Bonchev–Trinajstić information content (AvgIpc) is 2.37. The fraction of sp³-hybridized carbons (Fsp3) is 0.833. The lowest BCUT2D eigenvalue weighted by atomic mass is 10.2. The molecule has 0 aromatic carbocycles. The molecule has 56 valence electrons. The summed E-state index contributed by atoms with van der Waals surface area (Å²) in [6.07, 6.45) is 0.268. The highest BCUT2D eigenvalue weighted by molar-refractivity contribution is 5.81. The molecule has 2 rings (SSSR count). The van der Waals surface area contributed by atoms with Crippen molar-refractivity contribution in [2.45, 2.75) is 12.8 Å². The van der Waals surface area contributed by atoms with Gasteiger partial charge in [-0.15, -0.1) is 0 Å². The maximum atomic E-state index is 10.8. The van der Waals surface area contributed by atoms with Crippen LogP contribution in [-0.4, -0.2) is 37.0 Å². The third kappa shape index (κ3) is 0.803. The smallest absolute Gasteiger partial charge is 0.242 e. The van der Waals surface area contributed by atoms with Crippen LogP contribution in [0.2, 0.25) is 0 Å². The van der Waals surface area contributed by atoms with Crippen molar-refractivity contribution >= 4 is 5.91 Å². The summed E-state index contributed by atoms with van der Waals surface area (Å²) in [6.45, 7) is 1.99. The van der Waals surface area contributed by atoms with Gasteiger partial charge >= 0.3 is 0 Å². The molecular weight excluding hydrogens is 134 g/mol. The number of ether oxygens (including phenoxy) is 2. The minimum Gasteiger partial charge on any atom is -0.333 e. The molecule has 4 nitrogen and oxygen atoms in total. The zero-order valence-electron chi connectivity index (χ0n) is 5.58. The summed E-state index contributed by atoms with van der Waals surface area (Å²) >= 11 is 0. The van der Waals surface area contributed by atoms with Gasteiger partial charge in [-0.05, 0) is 0 Å². The molecule has 0 unspecified atom stereocenters. The molecule has 0 atom stereocenters. The first kappa shape index (κ1) is 6.12. The summed E-state index contributed by atoms with van der Waals surface area (Å²) in [7, 11) is 0. The zero-order valence-corrected chi connectivity index (χ0v) is 5.58. The Bertz CT molecular complexity index is 153. The summed E-state index contributed by atoms with van der Waals surface area (Å²) in [6, 6.07) is 0.